The van der Waals surface area contributed by atoms with Crippen LogP contribution in [0, 0.1) is 3.57 Å². The molecule has 20 heavy (non-hydrogen) atoms. The maximum absolute atomic E-state index is 12.9. The molecule has 1 aromatic carbocycles. The Labute approximate surface area is 129 Å². The van der Waals surface area contributed by atoms with E-state index in [0.717, 1.165) is 12.4 Å². The summed E-state index contributed by atoms with van der Waals surface area (Å²) in [6.07, 6.45) is -3.46. The Balaban J connectivity index is 2.49. The van der Waals surface area contributed by atoms with E-state index < -0.39 is 17.3 Å². The van der Waals surface area contributed by atoms with Gasteiger partial charge < -0.3 is 10.3 Å². The molecule has 9 heteroatoms. The number of aromatic amines is 1. The zero-order chi connectivity index (χ0) is 14.9. The minimum atomic E-state index is -4.57. The summed E-state index contributed by atoms with van der Waals surface area (Å²) in [6, 6.07) is 3.31. The van der Waals surface area contributed by atoms with Crippen molar-refractivity contribution in [3.63, 3.8) is 0 Å². The van der Waals surface area contributed by atoms with Crippen LogP contribution in [0.5, 0.6) is 0 Å². The van der Waals surface area contributed by atoms with Gasteiger partial charge in [-0.05, 0) is 40.8 Å². The third-order valence-electron chi connectivity index (χ3n) is 2.34. The number of rotatable bonds is 2. The van der Waals surface area contributed by atoms with E-state index in [1.165, 1.54) is 12.1 Å². The molecule has 0 atom stereocenters. The van der Waals surface area contributed by atoms with Gasteiger partial charge in [0.05, 0.1) is 17.6 Å². The zero-order valence-corrected chi connectivity index (χ0v) is 12.5. The first kappa shape index (κ1) is 15.1. The minimum Gasteiger partial charge on any atom is -0.339 e. The lowest BCUT2D eigenvalue weighted by molar-refractivity contribution is -0.136. The van der Waals surface area contributed by atoms with Crippen molar-refractivity contribution < 1.29 is 13.2 Å². The molecule has 2 rings (SSSR count). The van der Waals surface area contributed by atoms with E-state index >= 15 is 0 Å². The van der Waals surface area contributed by atoms with Crippen LogP contribution in [0.15, 0.2) is 29.3 Å². The summed E-state index contributed by atoms with van der Waals surface area (Å²) < 4.78 is 38.9. The second-order valence-corrected chi connectivity index (χ2v) is 5.22. The lowest BCUT2D eigenvalue weighted by atomic mass is 10.1. The quantitative estimate of drug-likeness (QED) is 0.734. The van der Waals surface area contributed by atoms with Crippen LogP contribution in [0.1, 0.15) is 5.56 Å². The largest absolute Gasteiger partial charge is 0.418 e. The zero-order valence-electron chi connectivity index (χ0n) is 9.55. The molecule has 0 amide bonds. The molecule has 106 valence electrons. The van der Waals surface area contributed by atoms with E-state index in [0.29, 0.717) is 0 Å². The van der Waals surface area contributed by atoms with Gasteiger partial charge in [0.1, 0.15) is 3.57 Å². The van der Waals surface area contributed by atoms with Crippen LogP contribution in [0.4, 0.5) is 24.7 Å². The fourth-order valence-electron chi connectivity index (χ4n) is 1.46. The molecule has 0 unspecified atom stereocenters. The third-order valence-corrected chi connectivity index (χ3v) is 3.57. The number of aromatic nitrogens is 2. The second kappa shape index (κ2) is 5.60. The highest BCUT2D eigenvalue weighted by Gasteiger charge is 2.34. The minimum absolute atomic E-state index is 0.0311. The van der Waals surface area contributed by atoms with E-state index in [1.807, 2.05) is 0 Å². The van der Waals surface area contributed by atoms with Gasteiger partial charge in [-0.2, -0.15) is 13.2 Å². The first-order valence-electron chi connectivity index (χ1n) is 5.16. The van der Waals surface area contributed by atoms with Crippen molar-refractivity contribution in [1.82, 2.24) is 9.97 Å². The summed E-state index contributed by atoms with van der Waals surface area (Å²) in [7, 11) is 0. The van der Waals surface area contributed by atoms with Gasteiger partial charge in [-0.25, -0.2) is 4.98 Å². The molecule has 0 aliphatic heterocycles. The van der Waals surface area contributed by atoms with Crippen LogP contribution >= 0.6 is 34.2 Å². The van der Waals surface area contributed by atoms with E-state index in [4.69, 9.17) is 11.6 Å². The number of alkyl halides is 3. The molecule has 0 saturated heterocycles. The smallest absolute Gasteiger partial charge is 0.339 e. The maximum atomic E-state index is 12.9. The summed E-state index contributed by atoms with van der Waals surface area (Å²) >= 11 is 7.28. The molecular formula is C11H6ClF3IN3O. The van der Waals surface area contributed by atoms with E-state index in [9.17, 15) is 18.0 Å². The van der Waals surface area contributed by atoms with Crippen molar-refractivity contribution in [2.45, 2.75) is 6.18 Å². The molecule has 0 radical (unpaired) electrons. The van der Waals surface area contributed by atoms with Gasteiger partial charge in [-0.15, -0.1) is 0 Å². The number of nitrogens with one attached hydrogen (secondary N) is 2. The molecule has 2 N–H and O–H groups in total. The molecule has 0 spiro atoms. The summed E-state index contributed by atoms with van der Waals surface area (Å²) in [5.41, 5.74) is -1.59. The molecule has 1 aromatic heterocycles. The van der Waals surface area contributed by atoms with Gasteiger partial charge in [0.25, 0.3) is 5.56 Å². The van der Waals surface area contributed by atoms with E-state index in [2.05, 4.69) is 15.3 Å². The molecule has 2 aromatic rings. The normalized spacial score (nSPS) is 11.4. The lowest BCUT2D eigenvalue weighted by Gasteiger charge is -2.14. The Morgan fingerprint density at radius 3 is 2.70 bits per heavy atom. The van der Waals surface area contributed by atoms with Crippen LogP contribution in [-0.4, -0.2) is 9.97 Å². The number of nitrogens with zero attached hydrogens (tertiary/aromatic N) is 1. The van der Waals surface area contributed by atoms with Crippen molar-refractivity contribution in [2.75, 3.05) is 5.32 Å². The van der Waals surface area contributed by atoms with Crippen LogP contribution in [-0.2, 0) is 6.18 Å². The van der Waals surface area contributed by atoms with Gasteiger partial charge in [-0.3, -0.25) is 4.79 Å². The molecular weight excluding hydrogens is 409 g/mol. The fraction of sp³-hybridized carbons (Fsp3) is 0.0909. The van der Waals surface area contributed by atoms with Gasteiger partial charge in [0.15, 0.2) is 5.82 Å². The van der Waals surface area contributed by atoms with Crippen molar-refractivity contribution in [3.8, 4) is 0 Å². The SMILES string of the molecule is O=c1[nH]cnc(Nc2ccc(Cl)cc2C(F)(F)F)c1I. The van der Waals surface area contributed by atoms with Gasteiger partial charge in [0, 0.05) is 5.02 Å². The summed E-state index contributed by atoms with van der Waals surface area (Å²) in [5.74, 6) is 0.0437. The molecule has 0 aliphatic rings. The number of anilines is 2. The Hall–Kier alpha value is -1.29. The summed E-state index contributed by atoms with van der Waals surface area (Å²) in [5, 5.41) is 2.47. The molecule has 0 bridgehead atoms. The molecule has 1 heterocycles. The van der Waals surface area contributed by atoms with Gasteiger partial charge in [0.2, 0.25) is 0 Å². The molecule has 0 fully saturated rings. The van der Waals surface area contributed by atoms with Crippen LogP contribution < -0.4 is 10.9 Å². The second-order valence-electron chi connectivity index (χ2n) is 3.71. The number of halogens is 5. The molecule has 0 saturated carbocycles. The highest BCUT2D eigenvalue weighted by Crippen LogP contribution is 2.37. The van der Waals surface area contributed by atoms with Gasteiger partial charge >= 0.3 is 6.18 Å². The third kappa shape index (κ3) is 3.23. The highest BCUT2D eigenvalue weighted by atomic mass is 127. The highest BCUT2D eigenvalue weighted by molar-refractivity contribution is 14.1. The average molecular weight is 416 g/mol. The number of benzene rings is 1. The van der Waals surface area contributed by atoms with E-state index in [-0.39, 0.29) is 20.1 Å². The van der Waals surface area contributed by atoms with Crippen molar-refractivity contribution in [2.24, 2.45) is 0 Å². The Bertz CT molecular complexity index is 702. The van der Waals surface area contributed by atoms with Crippen LogP contribution in [0.2, 0.25) is 5.02 Å². The lowest BCUT2D eigenvalue weighted by Crippen LogP contribution is -2.15. The number of hydrogen-bond acceptors (Lipinski definition) is 3. The topological polar surface area (TPSA) is 57.8 Å². The molecule has 4 nitrogen and oxygen atoms in total. The molecule has 0 aliphatic carbocycles. The predicted octanol–water partition coefficient (Wildman–Crippen LogP) is 3.79. The Morgan fingerprint density at radius 2 is 2.05 bits per heavy atom. The van der Waals surface area contributed by atoms with E-state index in [1.54, 1.807) is 22.6 Å². The Morgan fingerprint density at radius 1 is 1.35 bits per heavy atom. The maximum Gasteiger partial charge on any atom is 0.418 e. The van der Waals surface area contributed by atoms with Crippen molar-refractivity contribution in [3.05, 3.63) is 49.0 Å². The summed E-state index contributed by atoms with van der Waals surface area (Å²) in [4.78, 5) is 17.5. The van der Waals surface area contributed by atoms with Crippen LogP contribution in [0.25, 0.3) is 0 Å². The monoisotopic (exact) mass is 415 g/mol. The Kier molecular flexibility index (Phi) is 4.23. The van der Waals surface area contributed by atoms with Crippen LogP contribution in [0.3, 0.4) is 0 Å². The predicted molar refractivity (Wildman–Crippen MR) is 77.3 cm³/mol. The van der Waals surface area contributed by atoms with Crippen molar-refractivity contribution >= 4 is 45.7 Å². The summed E-state index contributed by atoms with van der Waals surface area (Å²) in [6.45, 7) is 0. The standard InChI is InChI=1S/C11H6ClF3IN3O/c12-5-1-2-7(6(3-5)11(13,14)15)19-9-8(16)10(20)18-4-17-9/h1-4H,(H2,17,18,19,20). The number of H-pyrrole nitrogens is 1. The van der Waals surface area contributed by atoms with Gasteiger partial charge in [-0.1, -0.05) is 11.6 Å². The first-order chi connectivity index (χ1) is 9.29. The first-order valence-corrected chi connectivity index (χ1v) is 6.61. The average Bonchev–Trinajstić information content (AvgIpc) is 2.36. The van der Waals surface area contributed by atoms with Crippen molar-refractivity contribution in [1.29, 1.82) is 0 Å². The fourth-order valence-corrected chi connectivity index (χ4v) is 2.06. The number of hydrogen-bond donors (Lipinski definition) is 2.